The lowest BCUT2D eigenvalue weighted by Gasteiger charge is -2.35. The van der Waals surface area contributed by atoms with Crippen LogP contribution >= 0.6 is 0 Å². The van der Waals surface area contributed by atoms with Gasteiger partial charge in [-0.05, 0) is 42.5 Å². The Bertz CT molecular complexity index is 1040. The first-order chi connectivity index (χ1) is 14.0. The van der Waals surface area contributed by atoms with Gasteiger partial charge < -0.3 is 15.2 Å². The minimum absolute atomic E-state index is 0.0176. The first-order valence-electron chi connectivity index (χ1n) is 8.99. The number of hydrogen-bond donors (Lipinski definition) is 1. The standard InChI is InChI=1S/C20H18FN5O3/c1-28-19(27)15-4-5-23-20(26-15)29-17-3-2-11(8-14(17)21)12-6-13(7-12)16-9-25-18(22)10-24-16/h2-5,8-10,12-13H,6-7H2,1H3,(H2,22,25). The van der Waals surface area contributed by atoms with Crippen molar-refractivity contribution in [3.63, 3.8) is 0 Å². The molecule has 1 aliphatic carbocycles. The van der Waals surface area contributed by atoms with Gasteiger partial charge in [0.25, 0.3) is 0 Å². The smallest absolute Gasteiger partial charge is 0.356 e. The topological polar surface area (TPSA) is 113 Å². The average molecular weight is 395 g/mol. The van der Waals surface area contributed by atoms with E-state index in [1.807, 2.05) is 6.07 Å². The Balaban J connectivity index is 1.42. The molecule has 2 aromatic heterocycles. The van der Waals surface area contributed by atoms with Crippen LogP contribution in [0.2, 0.25) is 0 Å². The van der Waals surface area contributed by atoms with E-state index in [9.17, 15) is 9.18 Å². The third kappa shape index (κ3) is 3.98. The number of anilines is 1. The summed E-state index contributed by atoms with van der Waals surface area (Å²) in [6.45, 7) is 0. The van der Waals surface area contributed by atoms with Gasteiger partial charge in [0.1, 0.15) is 5.82 Å². The first kappa shape index (κ1) is 18.7. The summed E-state index contributed by atoms with van der Waals surface area (Å²) in [5.41, 5.74) is 7.38. The molecule has 0 amide bonds. The molecule has 2 N–H and O–H groups in total. The Morgan fingerprint density at radius 1 is 1.14 bits per heavy atom. The molecule has 0 atom stereocenters. The van der Waals surface area contributed by atoms with Gasteiger partial charge >= 0.3 is 12.0 Å². The van der Waals surface area contributed by atoms with Crippen LogP contribution in [0.5, 0.6) is 11.8 Å². The first-order valence-corrected chi connectivity index (χ1v) is 8.99. The third-order valence-corrected chi connectivity index (χ3v) is 4.90. The molecule has 148 valence electrons. The summed E-state index contributed by atoms with van der Waals surface area (Å²) in [7, 11) is 1.24. The molecular weight excluding hydrogens is 377 g/mol. The number of nitrogens with zero attached hydrogens (tertiary/aromatic N) is 4. The van der Waals surface area contributed by atoms with E-state index in [1.54, 1.807) is 12.4 Å². The van der Waals surface area contributed by atoms with Crippen molar-refractivity contribution in [3.05, 3.63) is 65.6 Å². The van der Waals surface area contributed by atoms with Crippen LogP contribution in [0.15, 0.2) is 42.9 Å². The highest BCUT2D eigenvalue weighted by molar-refractivity contribution is 5.87. The molecule has 0 unspecified atom stereocenters. The van der Waals surface area contributed by atoms with E-state index in [1.165, 1.54) is 31.5 Å². The van der Waals surface area contributed by atoms with Crippen molar-refractivity contribution in [3.8, 4) is 11.8 Å². The Hall–Kier alpha value is -3.62. The predicted octanol–water partition coefficient (Wildman–Crippen LogP) is 3.23. The summed E-state index contributed by atoms with van der Waals surface area (Å²) >= 11 is 0. The zero-order chi connectivity index (χ0) is 20.4. The number of carbonyl (C=O) groups excluding carboxylic acids is 1. The second-order valence-corrected chi connectivity index (χ2v) is 6.74. The second kappa shape index (κ2) is 7.78. The number of methoxy groups -OCH3 is 1. The van der Waals surface area contributed by atoms with Crippen molar-refractivity contribution in [2.45, 2.75) is 24.7 Å². The summed E-state index contributed by atoms with van der Waals surface area (Å²) in [6, 6.07) is 6.06. The summed E-state index contributed by atoms with van der Waals surface area (Å²) in [5, 5.41) is 0. The van der Waals surface area contributed by atoms with E-state index in [2.05, 4.69) is 24.7 Å². The van der Waals surface area contributed by atoms with Crippen molar-refractivity contribution < 1.29 is 18.7 Å². The van der Waals surface area contributed by atoms with Crippen molar-refractivity contribution in [2.24, 2.45) is 0 Å². The van der Waals surface area contributed by atoms with E-state index in [0.29, 0.717) is 11.7 Å². The molecule has 0 radical (unpaired) electrons. The van der Waals surface area contributed by atoms with Gasteiger partial charge in [-0.1, -0.05) is 6.07 Å². The number of halogens is 1. The molecular formula is C20H18FN5O3. The summed E-state index contributed by atoms with van der Waals surface area (Å²) in [5.74, 6) is -0.244. The van der Waals surface area contributed by atoms with Gasteiger partial charge in [0, 0.05) is 12.1 Å². The van der Waals surface area contributed by atoms with Crippen molar-refractivity contribution >= 4 is 11.8 Å². The molecule has 9 heteroatoms. The zero-order valence-electron chi connectivity index (χ0n) is 15.6. The van der Waals surface area contributed by atoms with Gasteiger partial charge in [-0.15, -0.1) is 0 Å². The lowest BCUT2D eigenvalue weighted by Crippen LogP contribution is -2.21. The summed E-state index contributed by atoms with van der Waals surface area (Å²) < 4.78 is 24.5. The number of hydrogen-bond acceptors (Lipinski definition) is 8. The predicted molar refractivity (Wildman–Crippen MR) is 101 cm³/mol. The molecule has 1 saturated carbocycles. The van der Waals surface area contributed by atoms with Crippen LogP contribution in [0.25, 0.3) is 0 Å². The molecule has 1 aromatic carbocycles. The Kier molecular flexibility index (Phi) is 5.03. The lowest BCUT2D eigenvalue weighted by molar-refractivity contribution is 0.0592. The second-order valence-electron chi connectivity index (χ2n) is 6.74. The van der Waals surface area contributed by atoms with Gasteiger partial charge in [0.15, 0.2) is 17.3 Å². The molecule has 1 fully saturated rings. The fraction of sp³-hybridized carbons (Fsp3) is 0.250. The largest absolute Gasteiger partial charge is 0.464 e. The molecule has 2 heterocycles. The highest BCUT2D eigenvalue weighted by atomic mass is 19.1. The maximum Gasteiger partial charge on any atom is 0.356 e. The number of nitrogens with two attached hydrogens (primary N) is 1. The highest BCUT2D eigenvalue weighted by Gasteiger charge is 2.33. The molecule has 0 spiro atoms. The third-order valence-electron chi connectivity index (χ3n) is 4.90. The molecule has 0 bridgehead atoms. The van der Waals surface area contributed by atoms with Gasteiger partial charge in [0.2, 0.25) is 0 Å². The van der Waals surface area contributed by atoms with Crippen LogP contribution in [0.3, 0.4) is 0 Å². The summed E-state index contributed by atoms with van der Waals surface area (Å²) in [6.07, 6.45) is 6.31. The number of ether oxygens (including phenoxy) is 2. The van der Waals surface area contributed by atoms with Crippen LogP contribution in [-0.2, 0) is 4.74 Å². The van der Waals surface area contributed by atoms with Crippen LogP contribution < -0.4 is 10.5 Å². The van der Waals surface area contributed by atoms with E-state index in [4.69, 9.17) is 10.5 Å². The number of rotatable bonds is 5. The quantitative estimate of drug-likeness (QED) is 0.655. The Morgan fingerprint density at radius 3 is 2.66 bits per heavy atom. The number of benzene rings is 1. The fourth-order valence-corrected chi connectivity index (χ4v) is 3.25. The molecule has 4 rings (SSSR count). The Morgan fingerprint density at radius 2 is 1.97 bits per heavy atom. The maximum absolute atomic E-state index is 14.5. The number of nitrogen functional groups attached to an aromatic ring is 1. The van der Waals surface area contributed by atoms with Gasteiger partial charge in [-0.2, -0.15) is 4.98 Å². The van der Waals surface area contributed by atoms with Crippen LogP contribution in [0, 0.1) is 5.82 Å². The molecule has 8 nitrogen and oxygen atoms in total. The number of carbonyl (C=O) groups is 1. The minimum Gasteiger partial charge on any atom is -0.464 e. The average Bonchev–Trinajstić information content (AvgIpc) is 2.70. The zero-order valence-corrected chi connectivity index (χ0v) is 15.6. The van der Waals surface area contributed by atoms with E-state index in [-0.39, 0.29) is 23.4 Å². The summed E-state index contributed by atoms with van der Waals surface area (Å²) in [4.78, 5) is 27.7. The molecule has 3 aromatic rings. The van der Waals surface area contributed by atoms with Crippen molar-refractivity contribution in [1.29, 1.82) is 0 Å². The van der Waals surface area contributed by atoms with Crippen LogP contribution in [-0.4, -0.2) is 33.0 Å². The number of aromatic nitrogens is 4. The van der Waals surface area contributed by atoms with E-state index >= 15 is 0 Å². The highest BCUT2D eigenvalue weighted by Crippen LogP contribution is 2.47. The SMILES string of the molecule is COC(=O)c1ccnc(Oc2ccc(C3CC(c4cnc(N)cn4)C3)cc2F)n1. The van der Waals surface area contributed by atoms with E-state index in [0.717, 1.165) is 24.1 Å². The minimum atomic E-state index is -0.626. The monoisotopic (exact) mass is 395 g/mol. The molecule has 0 aliphatic heterocycles. The molecule has 1 aliphatic rings. The van der Waals surface area contributed by atoms with Crippen LogP contribution in [0.1, 0.15) is 46.4 Å². The fourth-order valence-electron chi connectivity index (χ4n) is 3.25. The normalized spacial score (nSPS) is 18.0. The molecule has 29 heavy (non-hydrogen) atoms. The van der Waals surface area contributed by atoms with Crippen molar-refractivity contribution in [2.75, 3.05) is 12.8 Å². The maximum atomic E-state index is 14.5. The van der Waals surface area contributed by atoms with Crippen LogP contribution in [0.4, 0.5) is 10.2 Å². The van der Waals surface area contributed by atoms with Crippen molar-refractivity contribution in [1.82, 2.24) is 19.9 Å². The number of esters is 1. The van der Waals surface area contributed by atoms with Gasteiger partial charge in [0.05, 0.1) is 25.2 Å². The van der Waals surface area contributed by atoms with E-state index < -0.39 is 11.8 Å². The van der Waals surface area contributed by atoms with Gasteiger partial charge in [-0.25, -0.2) is 19.2 Å². The van der Waals surface area contributed by atoms with Gasteiger partial charge in [-0.3, -0.25) is 4.98 Å². The molecule has 0 saturated heterocycles. The lowest BCUT2D eigenvalue weighted by atomic mass is 9.70. The Labute approximate surface area is 166 Å².